The number of carbonyl (C=O) groups is 4. The minimum Gasteiger partial charge on any atom is -0.486 e. The van der Waals surface area contributed by atoms with Crippen molar-refractivity contribution < 1.29 is 60.1 Å². The van der Waals surface area contributed by atoms with E-state index in [9.17, 15) is 50.6 Å². The number of hydrogen-bond acceptors (Lipinski definition) is 9. The lowest BCUT2D eigenvalue weighted by Gasteiger charge is -2.29. The number of halogens is 6. The van der Waals surface area contributed by atoms with Gasteiger partial charge in [0.15, 0.2) is 0 Å². The Labute approximate surface area is 240 Å². The molecule has 42 heavy (non-hydrogen) atoms. The van der Waals surface area contributed by atoms with Crippen LogP contribution in [0.15, 0.2) is 18.2 Å². The number of nitrogens with one attached hydrogen (secondary N) is 4. The lowest BCUT2D eigenvalue weighted by atomic mass is 10.0. The van der Waals surface area contributed by atoms with Crippen LogP contribution in [0.5, 0.6) is 5.75 Å². The van der Waals surface area contributed by atoms with Crippen LogP contribution in [0.25, 0.3) is 0 Å². The van der Waals surface area contributed by atoms with Crippen LogP contribution in [0.4, 0.5) is 36.8 Å². The molecule has 0 radical (unpaired) electrons. The molecule has 4 amide bonds. The zero-order valence-electron chi connectivity index (χ0n) is 22.2. The molecule has 0 saturated heterocycles. The summed E-state index contributed by atoms with van der Waals surface area (Å²) in [4.78, 5) is 51.3. The molecule has 12 nitrogen and oxygen atoms in total. The number of rotatable bonds is 12. The summed E-state index contributed by atoms with van der Waals surface area (Å²) in [5, 5.41) is 18.8. The van der Waals surface area contributed by atoms with Crippen LogP contribution in [0.2, 0.25) is 0 Å². The molecule has 19 heteroatoms. The number of thiol groups is 1. The number of nitrogens with zero attached hydrogens (tertiary/aromatic N) is 1. The van der Waals surface area contributed by atoms with Crippen molar-refractivity contribution in [2.24, 2.45) is 0 Å². The Morgan fingerprint density at radius 3 is 2.40 bits per heavy atom. The van der Waals surface area contributed by atoms with Gasteiger partial charge in [-0.25, -0.2) is 9.18 Å². The molecule has 0 unspecified atom stereocenters. The summed E-state index contributed by atoms with van der Waals surface area (Å²) in [6.07, 6.45) is -8.10. The Hall–Kier alpha value is -3.45. The second kappa shape index (κ2) is 14.1. The first-order chi connectivity index (χ1) is 19.4. The van der Waals surface area contributed by atoms with Gasteiger partial charge in [0.1, 0.15) is 30.3 Å². The van der Waals surface area contributed by atoms with Crippen molar-refractivity contribution in [3.63, 3.8) is 0 Å². The minimum atomic E-state index is -6.01. The molecule has 0 saturated carbocycles. The maximum Gasteiger partial charge on any atom is 0.455 e. The van der Waals surface area contributed by atoms with Crippen molar-refractivity contribution in [1.82, 2.24) is 21.3 Å². The maximum absolute atomic E-state index is 14.1. The fourth-order valence-corrected chi connectivity index (χ4v) is 3.59. The highest BCUT2D eigenvalue weighted by molar-refractivity contribution is 7.80. The van der Waals surface area contributed by atoms with E-state index < -0.39 is 72.6 Å². The van der Waals surface area contributed by atoms with E-state index in [2.05, 4.69) is 23.3 Å². The smallest absolute Gasteiger partial charge is 0.455 e. The largest absolute Gasteiger partial charge is 0.486 e. The summed E-state index contributed by atoms with van der Waals surface area (Å²) in [6.45, 7) is -0.693. The van der Waals surface area contributed by atoms with E-state index in [1.807, 2.05) is 5.32 Å². The molecule has 2 rings (SSSR count). The van der Waals surface area contributed by atoms with Crippen molar-refractivity contribution in [2.75, 3.05) is 43.6 Å². The van der Waals surface area contributed by atoms with Crippen LogP contribution in [0.1, 0.15) is 13.8 Å². The summed E-state index contributed by atoms with van der Waals surface area (Å²) < 4.78 is 88.3. The van der Waals surface area contributed by atoms with Crippen molar-refractivity contribution in [3.8, 4) is 5.75 Å². The zero-order chi connectivity index (χ0) is 31.9. The van der Waals surface area contributed by atoms with Crippen LogP contribution in [-0.2, 0) is 19.1 Å². The summed E-state index contributed by atoms with van der Waals surface area (Å²) in [7, 11) is 0. The summed E-state index contributed by atoms with van der Waals surface area (Å²) in [5.41, 5.74) is -3.34. The molecule has 1 heterocycles. The molecule has 1 aromatic carbocycles. The van der Waals surface area contributed by atoms with Crippen LogP contribution >= 0.6 is 12.6 Å². The molecule has 1 aliphatic rings. The third-order valence-electron chi connectivity index (χ3n) is 5.81. The third kappa shape index (κ3) is 8.78. The number of amides is 4. The Morgan fingerprint density at radius 1 is 1.12 bits per heavy atom. The summed E-state index contributed by atoms with van der Waals surface area (Å²) in [6, 6.07) is 1.42. The molecule has 0 spiro atoms. The summed E-state index contributed by atoms with van der Waals surface area (Å²) in [5.74, 6) is -10.3. The molecule has 0 bridgehead atoms. The monoisotopic (exact) mass is 633 g/mol. The Balaban J connectivity index is 2.19. The van der Waals surface area contributed by atoms with Crippen molar-refractivity contribution in [3.05, 3.63) is 24.0 Å². The molecule has 3 atom stereocenters. The topological polar surface area (TPSA) is 158 Å². The molecule has 1 aromatic rings. The first-order valence-corrected chi connectivity index (χ1v) is 12.8. The second-order valence-electron chi connectivity index (χ2n) is 9.05. The van der Waals surface area contributed by atoms with Crippen LogP contribution in [0, 0.1) is 5.82 Å². The third-order valence-corrected chi connectivity index (χ3v) is 6.04. The molecule has 0 aromatic heterocycles. The molecule has 1 aliphatic heterocycles. The molecule has 236 valence electrons. The first kappa shape index (κ1) is 34.7. The van der Waals surface area contributed by atoms with E-state index in [1.165, 1.54) is 13.0 Å². The number of benzene rings is 1. The van der Waals surface area contributed by atoms with E-state index >= 15 is 0 Å². The highest BCUT2D eigenvalue weighted by Gasteiger charge is 2.58. The first-order valence-electron chi connectivity index (χ1n) is 12.2. The van der Waals surface area contributed by atoms with Crippen LogP contribution in [0.3, 0.4) is 0 Å². The predicted octanol–water partition coefficient (Wildman–Crippen LogP) is 0.692. The van der Waals surface area contributed by atoms with Gasteiger partial charge >= 0.3 is 18.2 Å². The van der Waals surface area contributed by atoms with E-state index in [1.54, 1.807) is 0 Å². The molecule has 0 fully saturated rings. The number of hydrogen-bond donors (Lipinski definition) is 6. The number of alkyl carbamates (subject to hydrolysis) is 1. The number of anilines is 1. The lowest BCUT2D eigenvalue weighted by molar-refractivity contribution is -0.278. The van der Waals surface area contributed by atoms with Gasteiger partial charge < -0.3 is 40.7 Å². The van der Waals surface area contributed by atoms with Gasteiger partial charge in [0.2, 0.25) is 5.60 Å². The number of alkyl halides is 5. The van der Waals surface area contributed by atoms with E-state index in [-0.39, 0.29) is 24.5 Å². The van der Waals surface area contributed by atoms with E-state index in [4.69, 9.17) is 9.47 Å². The van der Waals surface area contributed by atoms with E-state index in [0.717, 1.165) is 22.3 Å². The van der Waals surface area contributed by atoms with Gasteiger partial charge in [-0.3, -0.25) is 14.4 Å². The maximum atomic E-state index is 14.1. The molecule has 5 N–H and O–H groups in total. The Bertz CT molecular complexity index is 1160. The standard InChI is InChI=1S/C23H29F6N5O7S/c1-12-16(33-19(37)21(2,39)18(36)32-10-22(25,26)23(27,28)29)17(35)34(14-9-13(24)3-4-15(14)41-12)7-8-40-20(38)31-6-5-30-11-42/h3-4,9,12,16,30,39,42H,5-8,10-11H2,1-2H3,(H,31,38)(H,32,36)(H,33,37)/t12-,16+,21+/m1/s1. The highest BCUT2D eigenvalue weighted by atomic mass is 32.1. The fourth-order valence-electron chi connectivity index (χ4n) is 3.43. The van der Waals surface area contributed by atoms with Gasteiger partial charge in [-0.1, -0.05) is 0 Å². The number of ether oxygens (including phenoxy) is 2. The lowest BCUT2D eigenvalue weighted by Crippen LogP contribution is -2.63. The quantitative estimate of drug-likeness (QED) is 0.0646. The van der Waals surface area contributed by atoms with Crippen molar-refractivity contribution in [1.29, 1.82) is 0 Å². The Kier molecular flexibility index (Phi) is 11.7. The zero-order valence-corrected chi connectivity index (χ0v) is 23.1. The Morgan fingerprint density at radius 2 is 1.79 bits per heavy atom. The van der Waals surface area contributed by atoms with Gasteiger partial charge in [0, 0.05) is 25.0 Å². The number of aliphatic hydroxyl groups is 1. The second-order valence-corrected chi connectivity index (χ2v) is 9.37. The number of carbonyl (C=O) groups excluding carboxylic acids is 4. The van der Waals surface area contributed by atoms with Crippen molar-refractivity contribution >= 4 is 42.1 Å². The fraction of sp³-hybridized carbons (Fsp3) is 0.565. The van der Waals surface area contributed by atoms with Gasteiger partial charge in [0.25, 0.3) is 17.7 Å². The average Bonchev–Trinajstić information content (AvgIpc) is 2.99. The number of fused-ring (bicyclic) bond motifs is 1. The molecule has 0 aliphatic carbocycles. The summed E-state index contributed by atoms with van der Waals surface area (Å²) >= 11 is 3.94. The normalized spacial score (nSPS) is 18.6. The van der Waals surface area contributed by atoms with Gasteiger partial charge in [-0.2, -0.15) is 34.6 Å². The van der Waals surface area contributed by atoms with E-state index in [0.29, 0.717) is 19.3 Å². The minimum absolute atomic E-state index is 0.0323. The van der Waals surface area contributed by atoms with Crippen LogP contribution < -0.4 is 30.9 Å². The average molecular weight is 634 g/mol. The van der Waals surface area contributed by atoms with Gasteiger partial charge in [0.05, 0.1) is 18.8 Å². The van der Waals surface area contributed by atoms with Crippen molar-refractivity contribution in [2.45, 2.75) is 43.7 Å². The highest BCUT2D eigenvalue weighted by Crippen LogP contribution is 2.35. The SMILES string of the molecule is C[C@H]1Oc2ccc(F)cc2N(CCOC(=O)NCCNCS)C(=O)[C@H]1NC(=O)[C@@](C)(O)C(=O)NCC(F)(F)C(F)(F)F. The molecular formula is C23H29F6N5O7S. The van der Waals surface area contributed by atoms with Crippen LogP contribution in [-0.4, -0.2) is 97.4 Å². The van der Waals surface area contributed by atoms with Gasteiger partial charge in [-0.15, -0.1) is 0 Å². The van der Waals surface area contributed by atoms with Gasteiger partial charge in [-0.05, 0) is 26.0 Å². The molecular weight excluding hydrogens is 604 g/mol. The predicted molar refractivity (Wildman–Crippen MR) is 137 cm³/mol.